The van der Waals surface area contributed by atoms with Gasteiger partial charge in [0.25, 0.3) is 0 Å². The molecule has 0 saturated heterocycles. The topological polar surface area (TPSA) is 51.1 Å². The second-order valence-corrected chi connectivity index (χ2v) is 6.50. The van der Waals surface area contributed by atoms with Crippen molar-refractivity contribution in [1.82, 2.24) is 9.88 Å². The first-order valence-corrected chi connectivity index (χ1v) is 8.01. The van der Waals surface area contributed by atoms with E-state index in [0.29, 0.717) is 6.42 Å². The molecule has 4 nitrogen and oxygen atoms in total. The molecular formula is C16H18N2O2S. The third-order valence-corrected chi connectivity index (χ3v) is 4.89. The maximum absolute atomic E-state index is 12.1. The van der Waals surface area contributed by atoms with Crippen molar-refractivity contribution in [2.45, 2.75) is 31.7 Å². The lowest BCUT2D eigenvalue weighted by Gasteiger charge is -2.26. The van der Waals surface area contributed by atoms with Crippen LogP contribution in [0.4, 0.5) is 0 Å². The highest BCUT2D eigenvalue weighted by Crippen LogP contribution is 2.20. The third kappa shape index (κ3) is 3.08. The van der Waals surface area contributed by atoms with Gasteiger partial charge < -0.3 is 9.88 Å². The van der Waals surface area contributed by atoms with Gasteiger partial charge in [0.2, 0.25) is 11.5 Å². The normalized spacial score (nSPS) is 17.3. The molecule has 0 aromatic carbocycles. The van der Waals surface area contributed by atoms with Gasteiger partial charge >= 0.3 is 0 Å². The molecule has 2 aromatic rings. The Labute approximate surface area is 127 Å². The number of fused-ring (bicyclic) bond motifs is 1. The number of thiophene rings is 1. The van der Waals surface area contributed by atoms with Crippen molar-refractivity contribution in [2.75, 3.05) is 0 Å². The third-order valence-electron chi connectivity index (χ3n) is 4.01. The van der Waals surface area contributed by atoms with Crippen LogP contribution in [0.15, 0.2) is 34.4 Å². The summed E-state index contributed by atoms with van der Waals surface area (Å²) in [5, 5.41) is 5.10. The first-order valence-electron chi connectivity index (χ1n) is 7.13. The summed E-state index contributed by atoms with van der Waals surface area (Å²) in [5.74, 6) is 0.0794. The van der Waals surface area contributed by atoms with Gasteiger partial charge in [-0.1, -0.05) is 12.1 Å². The molecule has 21 heavy (non-hydrogen) atoms. The molecule has 2 heterocycles. The quantitative estimate of drug-likeness (QED) is 0.937. The molecule has 1 aliphatic rings. The Morgan fingerprint density at radius 2 is 2.29 bits per heavy atom. The molecule has 2 aromatic heterocycles. The molecule has 5 heteroatoms. The van der Waals surface area contributed by atoms with Crippen LogP contribution < -0.4 is 10.9 Å². The Bertz CT molecular complexity index is 704. The van der Waals surface area contributed by atoms with Crippen LogP contribution in [0.5, 0.6) is 0 Å². The van der Waals surface area contributed by atoms with Gasteiger partial charge in [-0.3, -0.25) is 9.59 Å². The molecular weight excluding hydrogens is 284 g/mol. The average molecular weight is 302 g/mol. The van der Waals surface area contributed by atoms with Crippen molar-refractivity contribution in [3.05, 3.63) is 56.1 Å². The Kier molecular flexibility index (Phi) is 3.92. The van der Waals surface area contributed by atoms with Crippen LogP contribution in [0.3, 0.4) is 0 Å². The van der Waals surface area contributed by atoms with Crippen molar-refractivity contribution in [2.24, 2.45) is 7.05 Å². The molecule has 0 bridgehead atoms. The number of aromatic nitrogens is 1. The van der Waals surface area contributed by atoms with E-state index in [-0.39, 0.29) is 17.5 Å². The smallest absolute Gasteiger partial charge is 0.250 e. The molecule has 0 saturated carbocycles. The molecule has 1 atom stereocenters. The number of carbonyl (C=O) groups is 1. The largest absolute Gasteiger partial charge is 0.353 e. The first-order chi connectivity index (χ1) is 10.1. The van der Waals surface area contributed by atoms with Gasteiger partial charge in [0.1, 0.15) is 0 Å². The van der Waals surface area contributed by atoms with Crippen molar-refractivity contribution in [3.8, 4) is 0 Å². The van der Waals surface area contributed by atoms with E-state index < -0.39 is 0 Å². The monoisotopic (exact) mass is 302 g/mol. The van der Waals surface area contributed by atoms with Crippen LogP contribution in [0, 0.1) is 0 Å². The summed E-state index contributed by atoms with van der Waals surface area (Å²) in [4.78, 5) is 24.8. The minimum Gasteiger partial charge on any atom is -0.353 e. The molecule has 0 aliphatic heterocycles. The second-order valence-electron chi connectivity index (χ2n) is 5.47. The van der Waals surface area contributed by atoms with E-state index in [2.05, 4.69) is 5.32 Å². The van der Waals surface area contributed by atoms with Gasteiger partial charge in [-0.25, -0.2) is 0 Å². The number of nitrogens with zero attached hydrogens (tertiary/aromatic N) is 1. The molecule has 1 N–H and O–H groups in total. The van der Waals surface area contributed by atoms with Crippen LogP contribution in [-0.4, -0.2) is 16.5 Å². The fourth-order valence-corrected chi connectivity index (χ4v) is 3.60. The summed E-state index contributed by atoms with van der Waals surface area (Å²) in [6.07, 6.45) is 2.99. The Morgan fingerprint density at radius 1 is 1.43 bits per heavy atom. The van der Waals surface area contributed by atoms with E-state index in [1.165, 1.54) is 5.56 Å². The van der Waals surface area contributed by atoms with Gasteiger partial charge in [0, 0.05) is 29.7 Å². The summed E-state index contributed by atoms with van der Waals surface area (Å²) >= 11 is 1.61. The van der Waals surface area contributed by atoms with Crippen molar-refractivity contribution in [3.63, 3.8) is 0 Å². The summed E-state index contributed by atoms with van der Waals surface area (Å²) < 4.78 is 1.72. The summed E-state index contributed by atoms with van der Waals surface area (Å²) in [6.45, 7) is 0. The molecule has 0 unspecified atom stereocenters. The first kappa shape index (κ1) is 14.1. The van der Waals surface area contributed by atoms with Gasteiger partial charge in [0.05, 0.1) is 6.42 Å². The number of rotatable bonds is 3. The van der Waals surface area contributed by atoms with Crippen LogP contribution in [0.2, 0.25) is 0 Å². The zero-order valence-electron chi connectivity index (χ0n) is 12.0. The zero-order valence-corrected chi connectivity index (χ0v) is 12.8. The molecule has 3 rings (SSSR count). The van der Waals surface area contributed by atoms with Crippen LogP contribution in [-0.2, 0) is 31.1 Å². The average Bonchev–Trinajstić information content (AvgIpc) is 2.96. The number of pyridine rings is 1. The number of carbonyl (C=O) groups excluding carboxylic acids is 1. The van der Waals surface area contributed by atoms with Crippen LogP contribution in [0.25, 0.3) is 0 Å². The van der Waals surface area contributed by atoms with E-state index in [1.54, 1.807) is 22.0 Å². The molecule has 0 spiro atoms. The lowest BCUT2D eigenvalue weighted by atomic mass is 9.91. The van der Waals surface area contributed by atoms with Gasteiger partial charge in [-0.2, -0.15) is 0 Å². The standard InChI is InChI=1S/C16H18N2O2S/c1-18-14-6-5-12(9-11(14)4-7-16(18)20)17-15(19)10-13-3-2-8-21-13/h2-4,7-8,12H,5-6,9-10H2,1H3,(H,17,19)/t12-/m1/s1. The number of hydrogen-bond donors (Lipinski definition) is 1. The lowest BCUT2D eigenvalue weighted by molar-refractivity contribution is -0.121. The van der Waals surface area contributed by atoms with E-state index in [0.717, 1.165) is 29.8 Å². The highest BCUT2D eigenvalue weighted by Gasteiger charge is 2.22. The highest BCUT2D eigenvalue weighted by molar-refractivity contribution is 7.10. The van der Waals surface area contributed by atoms with E-state index in [9.17, 15) is 9.59 Å². The van der Waals surface area contributed by atoms with Crippen molar-refractivity contribution < 1.29 is 4.79 Å². The summed E-state index contributed by atoms with van der Waals surface area (Å²) in [7, 11) is 1.82. The Morgan fingerprint density at radius 3 is 3.05 bits per heavy atom. The molecule has 1 amide bonds. The number of nitrogens with one attached hydrogen (secondary N) is 1. The lowest BCUT2D eigenvalue weighted by Crippen LogP contribution is -2.40. The van der Waals surface area contributed by atoms with E-state index in [4.69, 9.17) is 0 Å². The van der Waals surface area contributed by atoms with E-state index in [1.807, 2.05) is 30.6 Å². The fourth-order valence-electron chi connectivity index (χ4n) is 2.89. The zero-order chi connectivity index (χ0) is 14.8. The minimum absolute atomic E-state index is 0.0360. The van der Waals surface area contributed by atoms with Crippen LogP contribution in [0.1, 0.15) is 22.6 Å². The Hall–Kier alpha value is -1.88. The molecule has 0 radical (unpaired) electrons. The van der Waals surface area contributed by atoms with Crippen molar-refractivity contribution >= 4 is 17.2 Å². The van der Waals surface area contributed by atoms with Crippen LogP contribution >= 0.6 is 11.3 Å². The fraction of sp³-hybridized carbons (Fsp3) is 0.375. The maximum Gasteiger partial charge on any atom is 0.250 e. The van der Waals surface area contributed by atoms with E-state index >= 15 is 0 Å². The number of amides is 1. The maximum atomic E-state index is 12.1. The second kappa shape index (κ2) is 5.85. The van der Waals surface area contributed by atoms with Gasteiger partial charge in [-0.05, 0) is 36.3 Å². The number of hydrogen-bond acceptors (Lipinski definition) is 3. The predicted molar refractivity (Wildman–Crippen MR) is 83.7 cm³/mol. The minimum atomic E-state index is 0.0360. The summed E-state index contributed by atoms with van der Waals surface area (Å²) in [6, 6.07) is 7.62. The van der Waals surface area contributed by atoms with Crippen molar-refractivity contribution in [1.29, 1.82) is 0 Å². The predicted octanol–water partition coefficient (Wildman–Crippen LogP) is 1.66. The summed E-state index contributed by atoms with van der Waals surface area (Å²) in [5.41, 5.74) is 2.31. The van der Waals surface area contributed by atoms with Gasteiger partial charge in [-0.15, -0.1) is 11.3 Å². The Balaban J connectivity index is 1.65. The molecule has 0 fully saturated rings. The SMILES string of the molecule is Cn1c2c(ccc1=O)C[C@H](NC(=O)Cc1cccs1)CC2. The molecule has 1 aliphatic carbocycles. The molecule has 110 valence electrons. The van der Waals surface area contributed by atoms with Gasteiger partial charge in [0.15, 0.2) is 0 Å². The highest BCUT2D eigenvalue weighted by atomic mass is 32.1.